The molecular formula is C29H31F3N6O5S2. The van der Waals surface area contributed by atoms with Gasteiger partial charge >= 0.3 is 6.36 Å². The Hall–Kier alpha value is -3.60. The molecule has 2 saturated carbocycles. The second-order valence-corrected chi connectivity index (χ2v) is 14.8. The number of nitrogens with zero attached hydrogens (tertiary/aromatic N) is 4. The highest BCUT2D eigenvalue weighted by Gasteiger charge is 2.43. The first kappa shape index (κ1) is 31.4. The molecule has 240 valence electrons. The molecule has 0 saturated heterocycles. The number of aliphatic hydroxyl groups is 2. The van der Waals surface area contributed by atoms with Crippen molar-refractivity contribution >= 4 is 43.2 Å². The fraction of sp³-hybridized carbons (Fsp3) is 0.448. The molecule has 16 heteroatoms. The van der Waals surface area contributed by atoms with Crippen molar-refractivity contribution < 1.29 is 36.5 Å². The molecule has 45 heavy (non-hydrogen) atoms. The number of ether oxygens (including phenoxy) is 1. The van der Waals surface area contributed by atoms with E-state index in [0.29, 0.717) is 27.9 Å². The van der Waals surface area contributed by atoms with Crippen molar-refractivity contribution in [3.8, 4) is 16.3 Å². The molecule has 3 aromatic heterocycles. The minimum Gasteiger partial charge on any atom is -0.406 e. The van der Waals surface area contributed by atoms with Crippen molar-refractivity contribution in [3.05, 3.63) is 54.0 Å². The second-order valence-electron chi connectivity index (χ2n) is 11.6. The van der Waals surface area contributed by atoms with Gasteiger partial charge in [0.2, 0.25) is 5.95 Å². The fourth-order valence-electron chi connectivity index (χ4n) is 5.60. The van der Waals surface area contributed by atoms with E-state index in [1.54, 1.807) is 19.3 Å². The summed E-state index contributed by atoms with van der Waals surface area (Å²) < 4.78 is 66.5. The minimum atomic E-state index is -4.79. The number of pyridine rings is 1. The topological polar surface area (TPSA) is 159 Å². The molecule has 4 N–H and O–H groups in total. The summed E-state index contributed by atoms with van der Waals surface area (Å²) in [6.07, 6.45) is -0.571. The third-order valence-electron chi connectivity index (χ3n) is 7.92. The average Bonchev–Trinajstić information content (AvgIpc) is 3.66. The molecule has 2 fully saturated rings. The van der Waals surface area contributed by atoms with Crippen LogP contribution in [-0.4, -0.2) is 75.2 Å². The van der Waals surface area contributed by atoms with E-state index in [2.05, 4.69) is 30.3 Å². The molecule has 11 nitrogen and oxygen atoms in total. The first-order valence-corrected chi connectivity index (χ1v) is 17.2. The van der Waals surface area contributed by atoms with Gasteiger partial charge < -0.3 is 25.6 Å². The molecular weight excluding hydrogens is 633 g/mol. The monoisotopic (exact) mass is 664 g/mol. The minimum absolute atomic E-state index is 0.181. The van der Waals surface area contributed by atoms with Gasteiger partial charge in [-0.1, -0.05) is 12.1 Å². The zero-order valence-corrected chi connectivity index (χ0v) is 25.8. The van der Waals surface area contributed by atoms with Crippen LogP contribution in [-0.2, 0) is 9.84 Å². The summed E-state index contributed by atoms with van der Waals surface area (Å²) in [6.45, 7) is 1.79. The number of anilines is 2. The van der Waals surface area contributed by atoms with Crippen LogP contribution >= 0.6 is 11.3 Å². The predicted octanol–water partition coefficient (Wildman–Crippen LogP) is 4.66. The highest BCUT2D eigenvalue weighted by atomic mass is 32.2. The summed E-state index contributed by atoms with van der Waals surface area (Å²) in [5.74, 6) is -0.411. The molecule has 0 amide bonds. The van der Waals surface area contributed by atoms with Gasteiger partial charge in [-0.25, -0.2) is 18.4 Å². The normalized spacial score (nSPS) is 22.8. The van der Waals surface area contributed by atoms with Crippen LogP contribution in [0.15, 0.2) is 42.7 Å². The summed E-state index contributed by atoms with van der Waals surface area (Å²) in [5.41, 5.74) is 2.94. The van der Waals surface area contributed by atoms with Gasteiger partial charge in [0, 0.05) is 30.5 Å². The Balaban J connectivity index is 1.30. The highest BCUT2D eigenvalue weighted by molar-refractivity contribution is 7.90. The van der Waals surface area contributed by atoms with Gasteiger partial charge in [-0.3, -0.25) is 4.98 Å². The summed E-state index contributed by atoms with van der Waals surface area (Å²) in [7, 11) is -3.40. The SMILES string of the molecule is C[C@@H](Nc1ncc(-c2nc3c(C4CC4)nccc3s2)c(N[C@@H]2C[C@H](CS(C)(=O)=O)[C@@H](O)[C@H]2O)n1)c1ccc(OC(F)(F)F)cc1. The van der Waals surface area contributed by atoms with Crippen LogP contribution in [0.25, 0.3) is 20.8 Å². The number of benzene rings is 1. The number of sulfone groups is 1. The Labute approximate surface area is 260 Å². The molecule has 1 aromatic carbocycles. The molecule has 3 heterocycles. The van der Waals surface area contributed by atoms with Gasteiger partial charge in [-0.15, -0.1) is 24.5 Å². The molecule has 0 aliphatic heterocycles. The Morgan fingerprint density at radius 2 is 1.82 bits per heavy atom. The number of rotatable bonds is 10. The first-order chi connectivity index (χ1) is 21.2. The molecule has 0 bridgehead atoms. The van der Waals surface area contributed by atoms with E-state index in [1.807, 2.05) is 6.07 Å². The highest BCUT2D eigenvalue weighted by Crippen LogP contribution is 2.44. The van der Waals surface area contributed by atoms with E-state index >= 15 is 0 Å². The maximum atomic E-state index is 12.6. The largest absolute Gasteiger partial charge is 0.573 e. The van der Waals surface area contributed by atoms with Gasteiger partial charge in [-0.2, -0.15) is 4.98 Å². The number of alkyl halides is 3. The summed E-state index contributed by atoms with van der Waals surface area (Å²) in [5, 5.41) is 28.5. The van der Waals surface area contributed by atoms with Gasteiger partial charge in [0.15, 0.2) is 0 Å². The van der Waals surface area contributed by atoms with Crippen LogP contribution in [0.3, 0.4) is 0 Å². The first-order valence-electron chi connectivity index (χ1n) is 14.3. The molecule has 4 aromatic rings. The smallest absolute Gasteiger partial charge is 0.406 e. The predicted molar refractivity (Wildman–Crippen MR) is 163 cm³/mol. The molecule has 6 rings (SSSR count). The third kappa shape index (κ3) is 7.29. The Bertz CT molecular complexity index is 1800. The summed E-state index contributed by atoms with van der Waals surface area (Å²) in [6, 6.07) is 6.19. The summed E-state index contributed by atoms with van der Waals surface area (Å²) >= 11 is 1.44. The average molecular weight is 665 g/mol. The number of halogens is 3. The fourth-order valence-corrected chi connectivity index (χ4v) is 7.69. The van der Waals surface area contributed by atoms with E-state index in [0.717, 1.165) is 35.0 Å². The standard InChI is InChI=1S/C29H31F3N6O5S2/c1-14(15-5-7-18(8-6-15)43-29(30,31)32)35-28-34-12-19(27-37-23-21(44-27)9-10-33-22(23)16-3-4-16)26(38-28)36-20-11-17(13-45(2,41)42)24(39)25(20)40/h5-10,12,14,16-17,20,24-25,39-40H,3-4,11,13H2,1-2H3,(H2,34,35,36,38)/t14-,17-,20-,24-,25+/m1/s1. The van der Waals surface area contributed by atoms with Crippen molar-refractivity contribution in [2.24, 2.45) is 5.92 Å². The zero-order chi connectivity index (χ0) is 32.1. The third-order valence-corrected chi connectivity index (χ3v) is 10.0. The van der Waals surface area contributed by atoms with Crippen LogP contribution in [0.2, 0.25) is 0 Å². The number of nitrogens with one attached hydrogen (secondary N) is 2. The number of hydrogen-bond donors (Lipinski definition) is 4. The number of aliphatic hydroxyl groups excluding tert-OH is 2. The molecule has 0 unspecified atom stereocenters. The van der Waals surface area contributed by atoms with Gasteiger partial charge in [0.25, 0.3) is 0 Å². The molecule has 2 aliphatic carbocycles. The van der Waals surface area contributed by atoms with Crippen molar-refractivity contribution in [2.45, 2.75) is 62.8 Å². The lowest BCUT2D eigenvalue weighted by Gasteiger charge is -2.21. The van der Waals surface area contributed by atoms with Crippen LogP contribution in [0.5, 0.6) is 5.75 Å². The van der Waals surface area contributed by atoms with E-state index < -0.39 is 46.4 Å². The lowest BCUT2D eigenvalue weighted by molar-refractivity contribution is -0.274. The lowest BCUT2D eigenvalue weighted by Crippen LogP contribution is -2.36. The number of aromatic nitrogens is 4. The Morgan fingerprint density at radius 3 is 2.49 bits per heavy atom. The second kappa shape index (κ2) is 12.0. The van der Waals surface area contributed by atoms with Crippen LogP contribution in [0, 0.1) is 5.92 Å². The molecule has 5 atom stereocenters. The van der Waals surface area contributed by atoms with E-state index in [1.165, 1.54) is 35.6 Å². The molecule has 0 spiro atoms. The maximum absolute atomic E-state index is 12.6. The molecule has 2 aliphatic rings. The Kier molecular flexibility index (Phi) is 8.34. The van der Waals surface area contributed by atoms with Crippen LogP contribution in [0.1, 0.15) is 49.4 Å². The van der Waals surface area contributed by atoms with E-state index in [-0.39, 0.29) is 23.9 Å². The number of fused-ring (bicyclic) bond motifs is 1. The van der Waals surface area contributed by atoms with Crippen LogP contribution in [0.4, 0.5) is 24.9 Å². The number of thiazole rings is 1. The zero-order valence-electron chi connectivity index (χ0n) is 24.2. The maximum Gasteiger partial charge on any atom is 0.573 e. The van der Waals surface area contributed by atoms with Crippen molar-refractivity contribution in [1.82, 2.24) is 19.9 Å². The van der Waals surface area contributed by atoms with E-state index in [4.69, 9.17) is 4.98 Å². The van der Waals surface area contributed by atoms with Gasteiger partial charge in [-0.05, 0) is 49.9 Å². The van der Waals surface area contributed by atoms with Crippen molar-refractivity contribution in [3.63, 3.8) is 0 Å². The van der Waals surface area contributed by atoms with Crippen LogP contribution < -0.4 is 15.4 Å². The van der Waals surface area contributed by atoms with E-state index in [9.17, 15) is 31.8 Å². The lowest BCUT2D eigenvalue weighted by atomic mass is 10.1. The Morgan fingerprint density at radius 1 is 1.09 bits per heavy atom. The quantitative estimate of drug-likeness (QED) is 0.187. The molecule has 0 radical (unpaired) electrons. The van der Waals surface area contributed by atoms with Gasteiger partial charge in [0.05, 0.1) is 39.9 Å². The number of hydrogen-bond acceptors (Lipinski definition) is 12. The summed E-state index contributed by atoms with van der Waals surface area (Å²) in [4.78, 5) is 18.6. The van der Waals surface area contributed by atoms with Gasteiger partial charge in [0.1, 0.15) is 38.0 Å². The van der Waals surface area contributed by atoms with Crippen molar-refractivity contribution in [2.75, 3.05) is 22.6 Å². The van der Waals surface area contributed by atoms with Crippen molar-refractivity contribution in [1.29, 1.82) is 0 Å².